The summed E-state index contributed by atoms with van der Waals surface area (Å²) < 4.78 is 28.4. The number of carbonyl (C=O) groups is 1. The third-order valence-electron chi connectivity index (χ3n) is 5.38. The smallest absolute Gasteiger partial charge is 0.278 e. The number of anilines is 1. The lowest BCUT2D eigenvalue weighted by Gasteiger charge is -2.14. The molecular weight excluding hydrogens is 513 g/mol. The zero-order valence-electron chi connectivity index (χ0n) is 18.5. The Labute approximate surface area is 211 Å². The zero-order valence-corrected chi connectivity index (χ0v) is 21.0. The fourth-order valence-electron chi connectivity index (χ4n) is 3.78. The van der Waals surface area contributed by atoms with Gasteiger partial charge in [-0.25, -0.2) is 9.37 Å². The topological polar surface area (TPSA) is 104 Å². The number of amides is 1. The summed E-state index contributed by atoms with van der Waals surface area (Å²) in [5.41, 5.74) is 0.554. The molecule has 9 nitrogen and oxygen atoms in total. The Hall–Kier alpha value is -2.87. The molecule has 0 bridgehead atoms. The van der Waals surface area contributed by atoms with Gasteiger partial charge in [-0.15, -0.1) is 0 Å². The predicted molar refractivity (Wildman–Crippen MR) is 134 cm³/mol. The number of aromatic nitrogens is 4. The number of nitrogens with one attached hydrogen (secondary N) is 1. The number of thiazole rings is 1. The van der Waals surface area contributed by atoms with Crippen LogP contribution in [0.2, 0.25) is 0 Å². The largest absolute Gasteiger partial charge is 0.376 e. The summed E-state index contributed by atoms with van der Waals surface area (Å²) in [6.07, 6.45) is 1.90. The van der Waals surface area contributed by atoms with E-state index in [2.05, 4.69) is 10.5 Å². The molecule has 35 heavy (non-hydrogen) atoms. The van der Waals surface area contributed by atoms with Gasteiger partial charge in [-0.3, -0.25) is 14.2 Å². The summed E-state index contributed by atoms with van der Waals surface area (Å²) in [4.78, 5) is 30.9. The summed E-state index contributed by atoms with van der Waals surface area (Å²) in [5.74, 6) is 0.0610. The van der Waals surface area contributed by atoms with E-state index in [1.165, 1.54) is 40.2 Å². The van der Waals surface area contributed by atoms with Crippen molar-refractivity contribution >= 4 is 57.4 Å². The number of hydrogen-bond acceptors (Lipinski definition) is 9. The Balaban J connectivity index is 1.53. The molecule has 0 spiro atoms. The summed E-state index contributed by atoms with van der Waals surface area (Å²) in [6, 6.07) is 7.13. The van der Waals surface area contributed by atoms with Crippen LogP contribution in [0.1, 0.15) is 18.6 Å². The van der Waals surface area contributed by atoms with Crippen LogP contribution in [0.5, 0.6) is 0 Å². The second-order valence-corrected chi connectivity index (χ2v) is 10.5. The molecule has 3 aromatic heterocycles. The van der Waals surface area contributed by atoms with Crippen LogP contribution in [0.4, 0.5) is 10.2 Å². The second-order valence-electron chi connectivity index (χ2n) is 7.94. The Morgan fingerprint density at radius 3 is 2.86 bits per heavy atom. The van der Waals surface area contributed by atoms with Crippen LogP contribution >= 0.6 is 35.3 Å². The highest BCUT2D eigenvalue weighted by molar-refractivity contribution is 7.99. The molecule has 1 aromatic carbocycles. The third kappa shape index (κ3) is 5.08. The molecule has 4 aromatic rings. The van der Waals surface area contributed by atoms with E-state index in [9.17, 15) is 14.0 Å². The maximum Gasteiger partial charge on any atom is 0.278 e. The van der Waals surface area contributed by atoms with E-state index < -0.39 is 5.82 Å². The number of rotatable bonds is 7. The van der Waals surface area contributed by atoms with Gasteiger partial charge in [0.15, 0.2) is 20.6 Å². The maximum absolute atomic E-state index is 13.6. The van der Waals surface area contributed by atoms with Crippen LogP contribution in [0.25, 0.3) is 16.0 Å². The lowest BCUT2D eigenvalue weighted by atomic mass is 10.2. The minimum absolute atomic E-state index is 0.00799. The summed E-state index contributed by atoms with van der Waals surface area (Å²) in [5, 5.41) is 6.69. The van der Waals surface area contributed by atoms with Crippen molar-refractivity contribution in [2.24, 2.45) is 0 Å². The SMILES string of the molecule is Cc1cc(NC(=O)CSc2nc3c(sc(=S)n3C[C@H]3CCCO3)c(=O)n2-c2ccc(F)cc2)no1. The van der Waals surface area contributed by atoms with Crippen molar-refractivity contribution in [3.63, 3.8) is 0 Å². The number of aryl methyl sites for hydroxylation is 1. The molecule has 0 unspecified atom stereocenters. The van der Waals surface area contributed by atoms with E-state index in [0.29, 0.717) is 44.7 Å². The number of hydrogen-bond donors (Lipinski definition) is 1. The molecular formula is C22H20FN5O4S3. The molecule has 1 atom stereocenters. The molecule has 1 N–H and O–H groups in total. The fraction of sp³-hybridized carbons (Fsp3) is 0.318. The Bertz CT molecular complexity index is 1500. The van der Waals surface area contributed by atoms with Crippen molar-refractivity contribution in [3.05, 3.63) is 56.2 Å². The minimum atomic E-state index is -0.425. The van der Waals surface area contributed by atoms with Crippen molar-refractivity contribution in [2.45, 2.75) is 37.6 Å². The van der Waals surface area contributed by atoms with Crippen molar-refractivity contribution in [1.29, 1.82) is 0 Å². The monoisotopic (exact) mass is 533 g/mol. The maximum atomic E-state index is 13.6. The van der Waals surface area contributed by atoms with E-state index in [-0.39, 0.29) is 28.5 Å². The molecule has 1 amide bonds. The predicted octanol–water partition coefficient (Wildman–Crippen LogP) is 4.32. The van der Waals surface area contributed by atoms with Crippen LogP contribution in [0, 0.1) is 16.7 Å². The van der Waals surface area contributed by atoms with Gasteiger partial charge in [0.1, 0.15) is 16.3 Å². The Morgan fingerprint density at radius 1 is 1.37 bits per heavy atom. The molecule has 1 aliphatic rings. The molecule has 13 heteroatoms. The van der Waals surface area contributed by atoms with Gasteiger partial charge in [0.2, 0.25) is 5.91 Å². The molecule has 4 heterocycles. The highest BCUT2D eigenvalue weighted by Gasteiger charge is 2.22. The van der Waals surface area contributed by atoms with Gasteiger partial charge in [-0.2, -0.15) is 0 Å². The molecule has 1 fully saturated rings. The number of nitrogens with zero attached hydrogens (tertiary/aromatic N) is 4. The second kappa shape index (κ2) is 10.0. The first-order valence-electron chi connectivity index (χ1n) is 10.8. The van der Waals surface area contributed by atoms with Crippen LogP contribution in [-0.2, 0) is 16.1 Å². The summed E-state index contributed by atoms with van der Waals surface area (Å²) in [7, 11) is 0. The zero-order chi connectivity index (χ0) is 24.5. The molecule has 1 aliphatic heterocycles. The standard InChI is InChI=1S/C22H20FN5O4S3/c1-12-9-16(26-32-12)24-17(29)11-34-21-25-19-18(20(30)28(21)14-6-4-13(23)5-7-14)35-22(33)27(19)10-15-3-2-8-31-15/h4-7,9,15H,2-3,8,10-11H2,1H3,(H,24,26,29)/t15-/m1/s1. The van der Waals surface area contributed by atoms with Crippen molar-refractivity contribution in [2.75, 3.05) is 17.7 Å². The molecule has 0 aliphatic carbocycles. The van der Waals surface area contributed by atoms with E-state index in [0.717, 1.165) is 24.6 Å². The first-order valence-corrected chi connectivity index (χ1v) is 13.0. The van der Waals surface area contributed by atoms with Crippen molar-refractivity contribution in [1.82, 2.24) is 19.3 Å². The van der Waals surface area contributed by atoms with E-state index in [1.54, 1.807) is 13.0 Å². The third-order valence-corrected chi connectivity index (χ3v) is 7.75. The number of benzene rings is 1. The normalized spacial score (nSPS) is 15.7. The van der Waals surface area contributed by atoms with Gasteiger partial charge in [0, 0.05) is 12.7 Å². The van der Waals surface area contributed by atoms with Crippen LogP contribution in [-0.4, -0.2) is 43.6 Å². The minimum Gasteiger partial charge on any atom is -0.376 e. The van der Waals surface area contributed by atoms with Crippen LogP contribution in [0.3, 0.4) is 0 Å². The van der Waals surface area contributed by atoms with Gasteiger partial charge in [-0.1, -0.05) is 28.3 Å². The van der Waals surface area contributed by atoms with Gasteiger partial charge in [-0.05, 0) is 56.2 Å². The van der Waals surface area contributed by atoms with Crippen molar-refractivity contribution in [3.8, 4) is 5.69 Å². The quantitative estimate of drug-likeness (QED) is 0.213. The molecule has 1 saturated heterocycles. The molecule has 5 rings (SSSR count). The Morgan fingerprint density at radius 2 is 2.17 bits per heavy atom. The van der Waals surface area contributed by atoms with Crippen molar-refractivity contribution < 1.29 is 18.4 Å². The van der Waals surface area contributed by atoms with Gasteiger partial charge in [0.25, 0.3) is 5.56 Å². The number of ether oxygens (including phenoxy) is 1. The van der Waals surface area contributed by atoms with E-state index in [1.807, 2.05) is 4.57 Å². The highest BCUT2D eigenvalue weighted by Crippen LogP contribution is 2.27. The summed E-state index contributed by atoms with van der Waals surface area (Å²) >= 11 is 7.82. The first kappa shape index (κ1) is 23.9. The number of carbonyl (C=O) groups excluding carboxylic acids is 1. The summed E-state index contributed by atoms with van der Waals surface area (Å²) in [6.45, 7) is 2.92. The van der Waals surface area contributed by atoms with E-state index in [4.69, 9.17) is 26.5 Å². The Kier molecular flexibility index (Phi) is 6.82. The number of thioether (sulfide) groups is 1. The number of halogens is 1. The van der Waals surface area contributed by atoms with Gasteiger partial charge >= 0.3 is 0 Å². The highest BCUT2D eigenvalue weighted by atomic mass is 32.2. The van der Waals surface area contributed by atoms with Crippen LogP contribution in [0.15, 0.2) is 44.8 Å². The average Bonchev–Trinajstić information content (AvgIpc) is 3.56. The van der Waals surface area contributed by atoms with E-state index >= 15 is 0 Å². The molecule has 182 valence electrons. The van der Waals surface area contributed by atoms with Gasteiger partial charge in [0.05, 0.1) is 24.1 Å². The van der Waals surface area contributed by atoms with Gasteiger partial charge < -0.3 is 19.1 Å². The number of fused-ring (bicyclic) bond motifs is 1. The lowest BCUT2D eigenvalue weighted by molar-refractivity contribution is -0.113. The molecule has 0 saturated carbocycles. The lowest BCUT2D eigenvalue weighted by Crippen LogP contribution is -2.23. The van der Waals surface area contributed by atoms with Crippen LogP contribution < -0.4 is 10.9 Å². The average molecular weight is 534 g/mol. The molecule has 0 radical (unpaired) electrons. The first-order chi connectivity index (χ1) is 16.9. The fourth-order valence-corrected chi connectivity index (χ4v) is 5.86.